The topological polar surface area (TPSA) is 26.3 Å². The molecular formula is C29H32F2O2. The number of hydrogen-bond donors (Lipinski definition) is 0. The number of carbonyl (C=O) groups is 1. The van der Waals surface area contributed by atoms with Gasteiger partial charge in [-0.2, -0.15) is 8.78 Å². The molecule has 2 saturated carbocycles. The number of benzene rings is 1. The molecule has 1 saturated heterocycles. The van der Waals surface area contributed by atoms with E-state index in [0.717, 1.165) is 32.1 Å². The number of ether oxygens (including phenoxy) is 1. The summed E-state index contributed by atoms with van der Waals surface area (Å²) >= 11 is 0. The predicted molar refractivity (Wildman–Crippen MR) is 124 cm³/mol. The van der Waals surface area contributed by atoms with Crippen LogP contribution in [0.3, 0.4) is 0 Å². The molecule has 6 rings (SSSR count). The number of hydrogen-bond acceptors (Lipinski definition) is 2. The molecule has 4 aliphatic carbocycles. The van der Waals surface area contributed by atoms with Gasteiger partial charge in [0.05, 0.1) is 6.61 Å². The molecule has 33 heavy (non-hydrogen) atoms. The van der Waals surface area contributed by atoms with Crippen molar-refractivity contribution in [1.82, 2.24) is 0 Å². The Kier molecular flexibility index (Phi) is 4.85. The number of fused-ring (bicyclic) bond motifs is 5. The minimum atomic E-state index is -1.52. The number of ketones is 1. The fourth-order valence-electron chi connectivity index (χ4n) is 8.34. The molecule has 0 amide bonds. The van der Waals surface area contributed by atoms with Crippen molar-refractivity contribution in [1.29, 1.82) is 0 Å². The minimum absolute atomic E-state index is 0.187. The maximum atomic E-state index is 14.2. The van der Waals surface area contributed by atoms with Gasteiger partial charge in [0.2, 0.25) is 0 Å². The molecular weight excluding hydrogens is 418 g/mol. The van der Waals surface area contributed by atoms with Gasteiger partial charge in [0.25, 0.3) is 6.08 Å². The lowest BCUT2D eigenvalue weighted by atomic mass is 9.50. The first-order chi connectivity index (χ1) is 15.8. The summed E-state index contributed by atoms with van der Waals surface area (Å²) in [6.07, 6.45) is 6.53. The summed E-state index contributed by atoms with van der Waals surface area (Å²) < 4.78 is 34.7. The van der Waals surface area contributed by atoms with Gasteiger partial charge >= 0.3 is 0 Å². The van der Waals surface area contributed by atoms with E-state index in [9.17, 15) is 13.6 Å². The van der Waals surface area contributed by atoms with Crippen LogP contribution in [0.15, 0.2) is 58.7 Å². The van der Waals surface area contributed by atoms with Crippen molar-refractivity contribution in [2.45, 2.75) is 76.7 Å². The van der Waals surface area contributed by atoms with E-state index in [1.165, 1.54) is 27.8 Å². The van der Waals surface area contributed by atoms with Gasteiger partial charge in [-0.25, -0.2) is 0 Å². The Morgan fingerprint density at radius 1 is 1.06 bits per heavy atom. The highest BCUT2D eigenvalue weighted by Gasteiger charge is 2.67. The Balaban J connectivity index is 1.54. The molecule has 3 fully saturated rings. The van der Waals surface area contributed by atoms with Gasteiger partial charge in [0, 0.05) is 29.7 Å². The first kappa shape index (κ1) is 21.5. The van der Waals surface area contributed by atoms with Crippen molar-refractivity contribution in [3.05, 3.63) is 69.8 Å². The predicted octanol–water partition coefficient (Wildman–Crippen LogP) is 7.20. The van der Waals surface area contributed by atoms with Crippen LogP contribution in [0.25, 0.3) is 0 Å². The third kappa shape index (κ3) is 2.95. The third-order valence-electron chi connectivity index (χ3n) is 9.75. The van der Waals surface area contributed by atoms with Crippen molar-refractivity contribution in [3.63, 3.8) is 0 Å². The highest BCUT2D eigenvalue weighted by atomic mass is 19.3. The first-order valence-corrected chi connectivity index (χ1v) is 12.6. The normalized spacial score (nSPS) is 37.7. The van der Waals surface area contributed by atoms with E-state index in [0.29, 0.717) is 37.7 Å². The zero-order valence-corrected chi connectivity index (χ0v) is 19.6. The van der Waals surface area contributed by atoms with Crippen LogP contribution in [0.4, 0.5) is 8.78 Å². The monoisotopic (exact) mass is 450 g/mol. The fourth-order valence-corrected chi connectivity index (χ4v) is 8.34. The SMILES string of the molecule is Cc1ccc([C@H]2C[C@@]3(C)C(CC[C@]34OCCC4=C(F)F)C3CCC4=CC(=O)CCC4=C32)cc1. The molecule has 1 heterocycles. The Hall–Kier alpha value is -2.07. The Morgan fingerprint density at radius 3 is 2.61 bits per heavy atom. The van der Waals surface area contributed by atoms with E-state index in [-0.39, 0.29) is 22.7 Å². The lowest BCUT2D eigenvalue weighted by molar-refractivity contribution is -0.114. The first-order valence-electron chi connectivity index (χ1n) is 12.6. The van der Waals surface area contributed by atoms with Gasteiger partial charge in [0.1, 0.15) is 5.60 Å². The van der Waals surface area contributed by atoms with Gasteiger partial charge in [0.15, 0.2) is 5.78 Å². The lowest BCUT2D eigenvalue weighted by Gasteiger charge is -2.55. The fraction of sp³-hybridized carbons (Fsp3) is 0.552. The third-order valence-corrected chi connectivity index (χ3v) is 9.75. The van der Waals surface area contributed by atoms with Crippen LogP contribution < -0.4 is 0 Å². The zero-order chi connectivity index (χ0) is 23.0. The molecule has 1 aromatic rings. The van der Waals surface area contributed by atoms with E-state index in [2.05, 4.69) is 38.1 Å². The number of rotatable bonds is 1. The van der Waals surface area contributed by atoms with Gasteiger partial charge in [-0.05, 0) is 80.1 Å². The van der Waals surface area contributed by atoms with Crippen molar-refractivity contribution >= 4 is 5.78 Å². The number of allylic oxidation sites excluding steroid dienone is 4. The quantitative estimate of drug-likeness (QED) is 0.452. The Bertz CT molecular complexity index is 1110. The van der Waals surface area contributed by atoms with Crippen LogP contribution in [0, 0.1) is 24.2 Å². The highest BCUT2D eigenvalue weighted by Crippen LogP contribution is 2.70. The second kappa shape index (κ2) is 7.46. The summed E-state index contributed by atoms with van der Waals surface area (Å²) in [4.78, 5) is 12.2. The van der Waals surface area contributed by atoms with Gasteiger partial charge in [-0.3, -0.25) is 4.79 Å². The second-order valence-corrected chi connectivity index (χ2v) is 11.1. The van der Waals surface area contributed by atoms with Crippen molar-refractivity contribution in [2.24, 2.45) is 17.3 Å². The van der Waals surface area contributed by atoms with Crippen molar-refractivity contribution in [2.75, 3.05) is 6.61 Å². The summed E-state index contributed by atoms with van der Waals surface area (Å²) in [6.45, 7) is 4.75. The van der Waals surface area contributed by atoms with Crippen LogP contribution in [0.5, 0.6) is 0 Å². The largest absolute Gasteiger partial charge is 0.370 e. The van der Waals surface area contributed by atoms with Crippen LogP contribution in [-0.2, 0) is 9.53 Å². The Morgan fingerprint density at radius 2 is 1.85 bits per heavy atom. The molecule has 1 spiro atoms. The average Bonchev–Trinajstić information content (AvgIpc) is 3.36. The second-order valence-electron chi connectivity index (χ2n) is 11.1. The molecule has 0 bridgehead atoms. The number of carbonyl (C=O) groups excluding carboxylic acids is 1. The lowest BCUT2D eigenvalue weighted by Crippen LogP contribution is -2.52. The van der Waals surface area contributed by atoms with Gasteiger partial charge < -0.3 is 4.74 Å². The summed E-state index contributed by atoms with van der Waals surface area (Å²) in [5.41, 5.74) is 5.77. The van der Waals surface area contributed by atoms with E-state index >= 15 is 0 Å². The standard InChI is InChI=1S/C29H32F2O2/c1-17-3-5-18(6-4-17)23-16-28(2)24(11-13-29(28)25(27(30)31)12-14-33-29)22-9-7-19-15-20(32)8-10-21(19)26(22)23/h3-6,15,22-24H,7-14,16H2,1-2H3/t22?,23-,24?,28+,29-/m1/s1. The molecule has 4 heteroatoms. The van der Waals surface area contributed by atoms with Gasteiger partial charge in [-0.15, -0.1) is 0 Å². The molecule has 2 unspecified atom stereocenters. The molecule has 174 valence electrons. The molecule has 1 aliphatic heterocycles. The minimum Gasteiger partial charge on any atom is -0.370 e. The molecule has 1 aromatic carbocycles. The molecule has 0 N–H and O–H groups in total. The van der Waals surface area contributed by atoms with Crippen molar-refractivity contribution < 1.29 is 18.3 Å². The summed E-state index contributed by atoms with van der Waals surface area (Å²) in [5.74, 6) is 1.15. The molecule has 2 nitrogen and oxygen atoms in total. The Labute approximate surface area is 194 Å². The van der Waals surface area contributed by atoms with Gasteiger partial charge in [-0.1, -0.05) is 42.3 Å². The number of aryl methyl sites for hydroxylation is 1. The number of halogens is 2. The van der Waals surface area contributed by atoms with E-state index in [1.54, 1.807) is 0 Å². The van der Waals surface area contributed by atoms with Crippen LogP contribution in [0.1, 0.15) is 75.3 Å². The van der Waals surface area contributed by atoms with Crippen molar-refractivity contribution in [3.8, 4) is 0 Å². The maximum absolute atomic E-state index is 14.2. The molecule has 0 radical (unpaired) electrons. The van der Waals surface area contributed by atoms with Crippen LogP contribution in [-0.4, -0.2) is 18.0 Å². The summed E-state index contributed by atoms with van der Waals surface area (Å²) in [6, 6.07) is 8.78. The van der Waals surface area contributed by atoms with E-state index in [1.807, 2.05) is 6.08 Å². The molecule has 5 aliphatic rings. The van der Waals surface area contributed by atoms with Crippen LogP contribution in [0.2, 0.25) is 0 Å². The average molecular weight is 451 g/mol. The smallest absolute Gasteiger partial charge is 0.272 e. The van der Waals surface area contributed by atoms with Crippen LogP contribution >= 0.6 is 0 Å². The molecule has 0 aromatic heterocycles. The highest BCUT2D eigenvalue weighted by molar-refractivity contribution is 5.93. The van der Waals surface area contributed by atoms with E-state index in [4.69, 9.17) is 4.74 Å². The van der Waals surface area contributed by atoms with E-state index < -0.39 is 11.7 Å². The maximum Gasteiger partial charge on any atom is 0.272 e. The molecule has 5 atom stereocenters. The summed E-state index contributed by atoms with van der Waals surface area (Å²) in [5, 5.41) is 0. The summed E-state index contributed by atoms with van der Waals surface area (Å²) in [7, 11) is 0. The zero-order valence-electron chi connectivity index (χ0n) is 19.6.